The summed E-state index contributed by atoms with van der Waals surface area (Å²) in [7, 11) is 0. The Bertz CT molecular complexity index is 737. The number of nitrogens with two attached hydrogens (primary N) is 1. The van der Waals surface area contributed by atoms with Crippen LogP contribution in [0.15, 0.2) is 0 Å². The predicted octanol–water partition coefficient (Wildman–Crippen LogP) is 2.69. The summed E-state index contributed by atoms with van der Waals surface area (Å²) in [4.78, 5) is 13.3. The number of rotatable bonds is 7. The second-order valence-electron chi connectivity index (χ2n) is 6.66. The molecule has 8 heteroatoms. The molecular weight excluding hydrogens is 322 g/mol. The highest BCUT2D eigenvalue weighted by atomic mass is 16.5. The van der Waals surface area contributed by atoms with Gasteiger partial charge in [0.2, 0.25) is 0 Å². The molecule has 0 radical (unpaired) electrons. The van der Waals surface area contributed by atoms with E-state index in [1.54, 1.807) is 0 Å². The molecule has 1 aliphatic heterocycles. The van der Waals surface area contributed by atoms with E-state index < -0.39 is 0 Å². The second kappa shape index (κ2) is 7.03. The second-order valence-corrected chi connectivity index (χ2v) is 6.66. The summed E-state index contributed by atoms with van der Waals surface area (Å²) >= 11 is 0. The maximum atomic E-state index is 6.11. The smallest absolute Gasteiger partial charge is 0.320 e. The molecule has 3 heterocycles. The first-order valence-electron chi connectivity index (χ1n) is 9.19. The monoisotopic (exact) mass is 347 g/mol. The SMILES string of the molecule is CCOc1nc2c(N)nc(OCCC3CC3)nc2n1C1CCCCO1. The average Bonchev–Trinajstić information content (AvgIpc) is 3.36. The highest BCUT2D eigenvalue weighted by Crippen LogP contribution is 2.34. The number of fused-ring (bicyclic) bond motifs is 1. The van der Waals surface area contributed by atoms with Gasteiger partial charge < -0.3 is 19.9 Å². The quantitative estimate of drug-likeness (QED) is 0.822. The van der Waals surface area contributed by atoms with Gasteiger partial charge >= 0.3 is 12.0 Å². The minimum atomic E-state index is -0.145. The van der Waals surface area contributed by atoms with Crippen LogP contribution in [-0.4, -0.2) is 39.3 Å². The highest BCUT2D eigenvalue weighted by molar-refractivity contribution is 5.83. The number of aromatic nitrogens is 4. The minimum absolute atomic E-state index is 0.145. The summed E-state index contributed by atoms with van der Waals surface area (Å²) in [6.45, 7) is 3.77. The molecule has 0 aromatic carbocycles. The Morgan fingerprint density at radius 2 is 2.04 bits per heavy atom. The van der Waals surface area contributed by atoms with E-state index in [0.717, 1.165) is 38.2 Å². The van der Waals surface area contributed by atoms with Gasteiger partial charge in [0.25, 0.3) is 0 Å². The van der Waals surface area contributed by atoms with Crippen molar-refractivity contribution in [3.8, 4) is 12.0 Å². The third-order valence-corrected chi connectivity index (χ3v) is 4.69. The van der Waals surface area contributed by atoms with Crippen molar-refractivity contribution < 1.29 is 14.2 Å². The summed E-state index contributed by atoms with van der Waals surface area (Å²) in [6, 6.07) is 0.770. The molecule has 1 atom stereocenters. The zero-order valence-corrected chi connectivity index (χ0v) is 14.6. The van der Waals surface area contributed by atoms with Crippen LogP contribution in [-0.2, 0) is 4.74 Å². The zero-order chi connectivity index (χ0) is 17.2. The van der Waals surface area contributed by atoms with Gasteiger partial charge in [-0.15, -0.1) is 0 Å². The van der Waals surface area contributed by atoms with Crippen molar-refractivity contribution in [2.24, 2.45) is 5.92 Å². The third-order valence-electron chi connectivity index (χ3n) is 4.69. The predicted molar refractivity (Wildman–Crippen MR) is 92.6 cm³/mol. The van der Waals surface area contributed by atoms with Crippen LogP contribution in [0.5, 0.6) is 12.0 Å². The van der Waals surface area contributed by atoms with E-state index in [4.69, 9.17) is 19.9 Å². The standard InChI is InChI=1S/C17H25N5O3/c1-2-23-17-19-13-14(18)20-16(25-10-8-11-6-7-11)21-15(13)22(17)12-5-3-4-9-24-12/h11-12H,2-10H2,1H3,(H2,18,20,21). The fraction of sp³-hybridized carbons (Fsp3) is 0.706. The zero-order valence-electron chi connectivity index (χ0n) is 14.6. The molecule has 2 aromatic heterocycles. The molecule has 4 rings (SSSR count). The summed E-state index contributed by atoms with van der Waals surface area (Å²) in [5.41, 5.74) is 7.25. The third kappa shape index (κ3) is 3.49. The van der Waals surface area contributed by atoms with E-state index in [1.165, 1.54) is 12.8 Å². The van der Waals surface area contributed by atoms with Gasteiger partial charge in [-0.25, -0.2) is 0 Å². The molecule has 136 valence electrons. The number of nitrogen functional groups attached to an aromatic ring is 1. The molecule has 8 nitrogen and oxygen atoms in total. The van der Waals surface area contributed by atoms with Crippen LogP contribution in [0.3, 0.4) is 0 Å². The van der Waals surface area contributed by atoms with Crippen molar-refractivity contribution in [1.29, 1.82) is 0 Å². The summed E-state index contributed by atoms with van der Waals surface area (Å²) in [5, 5.41) is 0. The van der Waals surface area contributed by atoms with Crippen LogP contribution in [0, 0.1) is 5.92 Å². The van der Waals surface area contributed by atoms with E-state index in [-0.39, 0.29) is 6.23 Å². The topological polar surface area (TPSA) is 97.3 Å². The van der Waals surface area contributed by atoms with Crippen LogP contribution in [0.2, 0.25) is 0 Å². The van der Waals surface area contributed by atoms with Crippen LogP contribution in [0.4, 0.5) is 5.82 Å². The number of ether oxygens (including phenoxy) is 3. The summed E-state index contributed by atoms with van der Waals surface area (Å²) < 4.78 is 19.2. The Hall–Kier alpha value is -2.09. The maximum Gasteiger partial charge on any atom is 0.320 e. The lowest BCUT2D eigenvalue weighted by Crippen LogP contribution is -2.19. The molecular formula is C17H25N5O3. The normalized spacial score (nSPS) is 20.8. The first-order valence-corrected chi connectivity index (χ1v) is 9.19. The molecule has 1 saturated carbocycles. The molecule has 0 amide bonds. The maximum absolute atomic E-state index is 6.11. The lowest BCUT2D eigenvalue weighted by molar-refractivity contribution is -0.0341. The van der Waals surface area contributed by atoms with Crippen molar-refractivity contribution in [3.05, 3.63) is 0 Å². The first kappa shape index (κ1) is 16.4. The van der Waals surface area contributed by atoms with E-state index in [2.05, 4.69) is 15.0 Å². The van der Waals surface area contributed by atoms with Gasteiger partial charge in [0, 0.05) is 6.61 Å². The summed E-state index contributed by atoms with van der Waals surface area (Å²) in [6.07, 6.45) is 6.56. The fourth-order valence-electron chi connectivity index (χ4n) is 3.16. The number of hydrogen-bond acceptors (Lipinski definition) is 7. The van der Waals surface area contributed by atoms with Gasteiger partial charge in [-0.3, -0.25) is 4.57 Å². The van der Waals surface area contributed by atoms with Gasteiger partial charge in [-0.05, 0) is 38.5 Å². The molecule has 1 aliphatic carbocycles. The van der Waals surface area contributed by atoms with E-state index in [9.17, 15) is 0 Å². The van der Waals surface area contributed by atoms with Gasteiger partial charge in [0.15, 0.2) is 17.0 Å². The molecule has 2 N–H and O–H groups in total. The molecule has 0 bridgehead atoms. The van der Waals surface area contributed by atoms with Crippen molar-refractivity contribution in [2.45, 2.75) is 51.7 Å². The van der Waals surface area contributed by atoms with Crippen LogP contribution in [0.25, 0.3) is 11.2 Å². The van der Waals surface area contributed by atoms with Crippen LogP contribution >= 0.6 is 0 Å². The Kier molecular flexibility index (Phi) is 4.61. The van der Waals surface area contributed by atoms with Gasteiger partial charge in [-0.2, -0.15) is 15.0 Å². The van der Waals surface area contributed by atoms with E-state index in [1.807, 2.05) is 11.5 Å². The first-order chi connectivity index (χ1) is 12.3. The number of hydrogen-bond donors (Lipinski definition) is 1. The van der Waals surface area contributed by atoms with Crippen molar-refractivity contribution >= 4 is 17.0 Å². The van der Waals surface area contributed by atoms with Crippen molar-refractivity contribution in [1.82, 2.24) is 19.5 Å². The van der Waals surface area contributed by atoms with E-state index >= 15 is 0 Å². The number of imidazole rings is 1. The Morgan fingerprint density at radius 1 is 1.16 bits per heavy atom. The largest absolute Gasteiger partial charge is 0.465 e. The minimum Gasteiger partial charge on any atom is -0.465 e. The molecule has 2 fully saturated rings. The van der Waals surface area contributed by atoms with Crippen molar-refractivity contribution in [2.75, 3.05) is 25.6 Å². The highest BCUT2D eigenvalue weighted by Gasteiger charge is 2.26. The fourth-order valence-corrected chi connectivity index (χ4v) is 3.16. The van der Waals surface area contributed by atoms with Crippen LogP contribution < -0.4 is 15.2 Å². The molecule has 1 unspecified atom stereocenters. The molecule has 0 spiro atoms. The van der Waals surface area contributed by atoms with E-state index in [0.29, 0.717) is 42.2 Å². The van der Waals surface area contributed by atoms with Gasteiger partial charge in [0.05, 0.1) is 13.2 Å². The Balaban J connectivity index is 1.67. The van der Waals surface area contributed by atoms with Crippen LogP contribution in [0.1, 0.15) is 51.7 Å². The lowest BCUT2D eigenvalue weighted by Gasteiger charge is -2.25. The number of anilines is 1. The van der Waals surface area contributed by atoms with Crippen molar-refractivity contribution in [3.63, 3.8) is 0 Å². The molecule has 1 saturated heterocycles. The number of nitrogens with zero attached hydrogens (tertiary/aromatic N) is 4. The lowest BCUT2D eigenvalue weighted by atomic mass is 10.2. The molecule has 25 heavy (non-hydrogen) atoms. The summed E-state index contributed by atoms with van der Waals surface area (Å²) in [5.74, 6) is 1.11. The average molecular weight is 347 g/mol. The molecule has 2 aromatic rings. The van der Waals surface area contributed by atoms with Gasteiger partial charge in [-0.1, -0.05) is 12.8 Å². The Morgan fingerprint density at radius 3 is 2.76 bits per heavy atom. The Labute approximate surface area is 146 Å². The van der Waals surface area contributed by atoms with Gasteiger partial charge in [0.1, 0.15) is 6.23 Å². The molecule has 2 aliphatic rings.